The Hall–Kier alpha value is -3.13. The Kier molecular flexibility index (Phi) is 3.99. The van der Waals surface area contributed by atoms with Crippen LogP contribution in [0.25, 0.3) is 11.8 Å². The van der Waals surface area contributed by atoms with Crippen LogP contribution in [0.5, 0.6) is 5.75 Å². The maximum Gasteiger partial charge on any atom is 0.283 e. The van der Waals surface area contributed by atoms with Gasteiger partial charge in [-0.05, 0) is 68.3 Å². The minimum absolute atomic E-state index is 0.0605. The fourth-order valence-electron chi connectivity index (χ4n) is 3.62. The van der Waals surface area contributed by atoms with Crippen molar-refractivity contribution in [3.8, 4) is 11.4 Å². The molecule has 0 unspecified atom stereocenters. The molecule has 1 aliphatic carbocycles. The number of rotatable bonds is 3. The smallest absolute Gasteiger partial charge is 0.283 e. The van der Waals surface area contributed by atoms with Crippen molar-refractivity contribution in [3.63, 3.8) is 0 Å². The standard InChI is InChI=1S/C21H19N5O2S/c1-11-8-14(12(2)25(11)15-4-3-5-16(27)10-15)9-17-18(22)26-21(23-19(17)28)29-20(24-26)13-6-7-13/h3-5,8-10,13,22,27H,6-7H2,1-2H3/b17-9+,22-18?. The van der Waals surface area contributed by atoms with Gasteiger partial charge in [-0.25, -0.2) is 0 Å². The zero-order valence-electron chi connectivity index (χ0n) is 16.0. The third kappa shape index (κ3) is 3.00. The molecule has 1 amide bonds. The lowest BCUT2D eigenvalue weighted by Gasteiger charge is -2.20. The lowest BCUT2D eigenvalue weighted by molar-refractivity contribution is -0.114. The van der Waals surface area contributed by atoms with Gasteiger partial charge in [-0.15, -0.1) is 0 Å². The Labute approximate surface area is 171 Å². The number of hydrogen-bond donors (Lipinski definition) is 2. The Morgan fingerprint density at radius 2 is 2.07 bits per heavy atom. The number of hydrazone groups is 1. The summed E-state index contributed by atoms with van der Waals surface area (Å²) in [4.78, 5) is 16.8. The van der Waals surface area contributed by atoms with E-state index in [-0.39, 0.29) is 17.2 Å². The Morgan fingerprint density at radius 1 is 1.28 bits per heavy atom. The third-order valence-corrected chi connectivity index (χ3v) is 6.33. The summed E-state index contributed by atoms with van der Waals surface area (Å²) >= 11 is 1.40. The number of amides is 1. The average molecular weight is 405 g/mol. The molecule has 2 aromatic rings. The summed E-state index contributed by atoms with van der Waals surface area (Å²) in [6.07, 6.45) is 3.93. The van der Waals surface area contributed by atoms with E-state index in [0.29, 0.717) is 11.1 Å². The minimum atomic E-state index is -0.414. The molecule has 3 aliphatic rings. The fraction of sp³-hybridized carbons (Fsp3) is 0.238. The maximum absolute atomic E-state index is 12.6. The molecule has 1 aromatic carbocycles. The topological polar surface area (TPSA) is 94.0 Å². The van der Waals surface area contributed by atoms with Crippen LogP contribution in [-0.4, -0.2) is 36.6 Å². The predicted octanol–water partition coefficient (Wildman–Crippen LogP) is 3.83. The van der Waals surface area contributed by atoms with E-state index in [1.54, 1.807) is 24.3 Å². The van der Waals surface area contributed by atoms with E-state index in [2.05, 4.69) is 10.1 Å². The Morgan fingerprint density at radius 3 is 2.79 bits per heavy atom. The van der Waals surface area contributed by atoms with Crippen molar-refractivity contribution in [2.45, 2.75) is 26.7 Å². The molecule has 7 nitrogen and oxygen atoms in total. The van der Waals surface area contributed by atoms with Crippen molar-refractivity contribution < 1.29 is 9.90 Å². The van der Waals surface area contributed by atoms with Crippen LogP contribution in [0.2, 0.25) is 0 Å². The number of phenolic OH excluding ortho intramolecular Hbond substituents is 1. The molecule has 0 radical (unpaired) electrons. The van der Waals surface area contributed by atoms with Gasteiger partial charge in [0.15, 0.2) is 5.84 Å². The molecule has 146 valence electrons. The molecule has 8 heteroatoms. The van der Waals surface area contributed by atoms with Crippen molar-refractivity contribution in [1.29, 1.82) is 5.41 Å². The normalized spacial score (nSPS) is 20.2. The molecule has 1 fully saturated rings. The van der Waals surface area contributed by atoms with E-state index in [1.165, 1.54) is 16.8 Å². The number of hydrogen-bond acceptors (Lipinski definition) is 5. The summed E-state index contributed by atoms with van der Waals surface area (Å²) in [6.45, 7) is 3.91. The van der Waals surface area contributed by atoms with E-state index in [9.17, 15) is 9.90 Å². The summed E-state index contributed by atoms with van der Waals surface area (Å²) in [6, 6.07) is 8.98. The van der Waals surface area contributed by atoms with Gasteiger partial charge < -0.3 is 9.67 Å². The molecular formula is C21H19N5O2S. The molecule has 0 atom stereocenters. The number of fused-ring (bicyclic) bond motifs is 1. The molecule has 29 heavy (non-hydrogen) atoms. The Balaban J connectivity index is 1.53. The van der Waals surface area contributed by atoms with Crippen LogP contribution in [0.1, 0.15) is 29.8 Å². The van der Waals surface area contributed by atoms with Crippen molar-refractivity contribution in [3.05, 3.63) is 52.9 Å². The zero-order valence-corrected chi connectivity index (χ0v) is 16.8. The summed E-state index contributed by atoms with van der Waals surface area (Å²) in [5, 5.41) is 25.7. The van der Waals surface area contributed by atoms with Crippen molar-refractivity contribution >= 4 is 39.8 Å². The summed E-state index contributed by atoms with van der Waals surface area (Å²) in [5.41, 5.74) is 3.77. The van der Waals surface area contributed by atoms with Crippen LogP contribution in [0.15, 0.2) is 46.0 Å². The van der Waals surface area contributed by atoms with Crippen molar-refractivity contribution in [1.82, 2.24) is 9.58 Å². The largest absolute Gasteiger partial charge is 0.508 e. The van der Waals surface area contributed by atoms with Gasteiger partial charge in [-0.1, -0.05) is 6.07 Å². The monoisotopic (exact) mass is 405 g/mol. The average Bonchev–Trinajstić information content (AvgIpc) is 3.37. The van der Waals surface area contributed by atoms with Gasteiger partial charge in [0, 0.05) is 29.1 Å². The second-order valence-corrected chi connectivity index (χ2v) is 8.40. The number of aryl methyl sites for hydroxylation is 1. The summed E-state index contributed by atoms with van der Waals surface area (Å²) in [7, 11) is 0. The maximum atomic E-state index is 12.6. The highest BCUT2D eigenvalue weighted by molar-refractivity contribution is 8.27. The highest BCUT2D eigenvalue weighted by atomic mass is 32.2. The number of aliphatic imine (C=N–C) groups is 1. The second-order valence-electron chi connectivity index (χ2n) is 7.41. The van der Waals surface area contributed by atoms with E-state index >= 15 is 0 Å². The molecule has 0 spiro atoms. The summed E-state index contributed by atoms with van der Waals surface area (Å²) < 4.78 is 2.01. The molecule has 2 aliphatic heterocycles. The third-order valence-electron chi connectivity index (χ3n) is 5.25. The number of benzene rings is 1. The van der Waals surface area contributed by atoms with Crippen LogP contribution in [0.3, 0.4) is 0 Å². The Bertz CT molecular complexity index is 1170. The number of thioether (sulfide) groups is 1. The number of carbonyl (C=O) groups excluding carboxylic acids is 1. The van der Waals surface area contributed by atoms with Gasteiger partial charge in [-0.3, -0.25) is 10.2 Å². The highest BCUT2D eigenvalue weighted by Crippen LogP contribution is 2.40. The number of aromatic hydroxyl groups is 1. The van der Waals surface area contributed by atoms with Gasteiger partial charge >= 0.3 is 0 Å². The highest BCUT2D eigenvalue weighted by Gasteiger charge is 2.40. The number of amidine groups is 2. The summed E-state index contributed by atoms with van der Waals surface area (Å²) in [5.74, 6) is 0.287. The number of phenols is 1. The molecular weight excluding hydrogens is 386 g/mol. The van der Waals surface area contributed by atoms with Crippen LogP contribution >= 0.6 is 11.8 Å². The zero-order chi connectivity index (χ0) is 20.3. The van der Waals surface area contributed by atoms with Crippen LogP contribution in [0, 0.1) is 25.2 Å². The minimum Gasteiger partial charge on any atom is -0.508 e. The van der Waals surface area contributed by atoms with Gasteiger partial charge in [0.05, 0.1) is 5.57 Å². The number of nitrogens with zero attached hydrogens (tertiary/aromatic N) is 4. The first-order valence-corrected chi connectivity index (χ1v) is 10.2. The van der Waals surface area contributed by atoms with Gasteiger partial charge in [0.2, 0.25) is 5.17 Å². The van der Waals surface area contributed by atoms with E-state index in [4.69, 9.17) is 5.41 Å². The molecule has 0 saturated heterocycles. The van der Waals surface area contributed by atoms with E-state index < -0.39 is 5.91 Å². The lowest BCUT2D eigenvalue weighted by Crippen LogP contribution is -2.35. The lowest BCUT2D eigenvalue weighted by atomic mass is 10.1. The number of nitrogens with one attached hydrogen (secondary N) is 1. The van der Waals surface area contributed by atoms with Crippen molar-refractivity contribution in [2.24, 2.45) is 16.0 Å². The number of carbonyl (C=O) groups is 1. The first-order valence-electron chi connectivity index (χ1n) is 9.41. The van der Waals surface area contributed by atoms with Gasteiger partial charge in [0.1, 0.15) is 10.8 Å². The molecule has 1 saturated carbocycles. The molecule has 0 bridgehead atoms. The predicted molar refractivity (Wildman–Crippen MR) is 115 cm³/mol. The van der Waals surface area contributed by atoms with Crippen LogP contribution in [-0.2, 0) is 4.79 Å². The first-order chi connectivity index (χ1) is 13.9. The molecule has 1 aromatic heterocycles. The van der Waals surface area contributed by atoms with E-state index in [1.807, 2.05) is 30.5 Å². The SMILES string of the molecule is Cc1cc(/C=C2\C(=N)N3N=C(C4CC4)SC3=NC2=O)c(C)n1-c1cccc(O)c1. The van der Waals surface area contributed by atoms with Crippen LogP contribution < -0.4 is 0 Å². The molecule has 2 N–H and O–H groups in total. The van der Waals surface area contributed by atoms with Crippen LogP contribution in [0.4, 0.5) is 0 Å². The quantitative estimate of drug-likeness (QED) is 0.759. The van der Waals surface area contributed by atoms with Gasteiger partial charge in [0.25, 0.3) is 5.91 Å². The second kappa shape index (κ2) is 6.45. The fourth-order valence-corrected chi connectivity index (χ4v) is 4.68. The van der Waals surface area contributed by atoms with Crippen molar-refractivity contribution in [2.75, 3.05) is 0 Å². The molecule has 3 heterocycles. The first kappa shape index (κ1) is 17.9. The van der Waals surface area contributed by atoms with Gasteiger partial charge in [-0.2, -0.15) is 15.1 Å². The van der Waals surface area contributed by atoms with E-state index in [0.717, 1.165) is 40.5 Å². The number of aromatic nitrogens is 1. The molecule has 5 rings (SSSR count).